The molecule has 3 N–H and O–H groups in total. The van der Waals surface area contributed by atoms with E-state index in [1.54, 1.807) is 0 Å². The number of carboxylic acids is 1. The SMILES string of the molecule is C=C(C(N)=O)C(CCCC)C(=O)O. The number of unbranched alkanes of at least 4 members (excludes halogenated alkanes) is 1. The highest BCUT2D eigenvalue weighted by atomic mass is 16.4. The van der Waals surface area contributed by atoms with Gasteiger partial charge in [-0.1, -0.05) is 26.3 Å². The summed E-state index contributed by atoms with van der Waals surface area (Å²) in [5, 5.41) is 8.75. The van der Waals surface area contributed by atoms with Gasteiger partial charge in [-0.15, -0.1) is 0 Å². The van der Waals surface area contributed by atoms with Crippen molar-refractivity contribution in [3.8, 4) is 0 Å². The third-order valence-corrected chi connectivity index (χ3v) is 1.88. The molecule has 0 saturated carbocycles. The molecule has 0 aromatic rings. The maximum absolute atomic E-state index is 10.7. The van der Waals surface area contributed by atoms with E-state index in [1.165, 1.54) is 0 Å². The largest absolute Gasteiger partial charge is 0.481 e. The molecule has 13 heavy (non-hydrogen) atoms. The number of aliphatic carboxylic acids is 1. The van der Waals surface area contributed by atoms with Crippen molar-refractivity contribution in [2.45, 2.75) is 26.2 Å². The molecule has 0 rings (SSSR count). The molecule has 4 heteroatoms. The molecule has 4 nitrogen and oxygen atoms in total. The van der Waals surface area contributed by atoms with Gasteiger partial charge in [0.05, 0.1) is 5.92 Å². The Bertz CT molecular complexity index is 223. The highest BCUT2D eigenvalue weighted by Crippen LogP contribution is 2.16. The summed E-state index contributed by atoms with van der Waals surface area (Å²) in [5.74, 6) is -2.58. The van der Waals surface area contributed by atoms with E-state index in [2.05, 4.69) is 6.58 Å². The molecule has 0 radical (unpaired) electrons. The molecule has 1 amide bonds. The lowest BCUT2D eigenvalue weighted by molar-refractivity contribution is -0.141. The number of nitrogens with two attached hydrogens (primary N) is 1. The Morgan fingerprint density at radius 1 is 1.54 bits per heavy atom. The van der Waals surface area contributed by atoms with E-state index in [4.69, 9.17) is 10.8 Å². The molecule has 0 aromatic carbocycles. The number of primary amides is 1. The first-order chi connectivity index (χ1) is 6.00. The van der Waals surface area contributed by atoms with Crippen LogP contribution in [-0.2, 0) is 9.59 Å². The molecule has 0 aliphatic heterocycles. The van der Waals surface area contributed by atoms with E-state index in [0.29, 0.717) is 6.42 Å². The van der Waals surface area contributed by atoms with E-state index in [1.807, 2.05) is 6.92 Å². The summed E-state index contributed by atoms with van der Waals surface area (Å²) in [7, 11) is 0. The molecule has 0 saturated heterocycles. The van der Waals surface area contributed by atoms with Gasteiger partial charge < -0.3 is 10.8 Å². The molecular weight excluding hydrogens is 170 g/mol. The molecule has 1 atom stereocenters. The fourth-order valence-electron chi connectivity index (χ4n) is 1.03. The first kappa shape index (κ1) is 11.7. The van der Waals surface area contributed by atoms with Crippen LogP contribution >= 0.6 is 0 Å². The third kappa shape index (κ3) is 3.73. The average molecular weight is 185 g/mol. The van der Waals surface area contributed by atoms with E-state index >= 15 is 0 Å². The monoisotopic (exact) mass is 185 g/mol. The Morgan fingerprint density at radius 2 is 2.08 bits per heavy atom. The number of carbonyl (C=O) groups excluding carboxylic acids is 1. The van der Waals surface area contributed by atoms with Crippen LogP contribution in [0, 0.1) is 5.92 Å². The lowest BCUT2D eigenvalue weighted by atomic mass is 9.94. The van der Waals surface area contributed by atoms with Gasteiger partial charge >= 0.3 is 5.97 Å². The molecule has 0 aromatic heterocycles. The summed E-state index contributed by atoms with van der Waals surface area (Å²) >= 11 is 0. The first-order valence-electron chi connectivity index (χ1n) is 4.22. The lowest BCUT2D eigenvalue weighted by Crippen LogP contribution is -2.25. The van der Waals surface area contributed by atoms with Crippen LogP contribution in [0.4, 0.5) is 0 Å². The van der Waals surface area contributed by atoms with E-state index in [0.717, 1.165) is 12.8 Å². The van der Waals surface area contributed by atoms with E-state index < -0.39 is 17.8 Å². The average Bonchev–Trinajstić information content (AvgIpc) is 2.04. The van der Waals surface area contributed by atoms with Crippen LogP contribution < -0.4 is 5.73 Å². The predicted octanol–water partition coefficient (Wildman–Crippen LogP) is 0.919. The van der Waals surface area contributed by atoms with Crippen molar-refractivity contribution in [3.05, 3.63) is 12.2 Å². The number of amides is 1. The Labute approximate surface area is 77.4 Å². The second-order valence-electron chi connectivity index (χ2n) is 2.92. The van der Waals surface area contributed by atoms with Crippen LogP contribution in [0.25, 0.3) is 0 Å². The van der Waals surface area contributed by atoms with Gasteiger partial charge in [0.25, 0.3) is 0 Å². The zero-order chi connectivity index (χ0) is 10.4. The predicted molar refractivity (Wildman–Crippen MR) is 49.0 cm³/mol. The normalized spacial score (nSPS) is 12.1. The van der Waals surface area contributed by atoms with Crippen molar-refractivity contribution in [2.75, 3.05) is 0 Å². The summed E-state index contributed by atoms with van der Waals surface area (Å²) in [6.07, 6.45) is 2.06. The molecule has 74 valence electrons. The van der Waals surface area contributed by atoms with E-state index in [9.17, 15) is 9.59 Å². The number of hydrogen-bond donors (Lipinski definition) is 2. The van der Waals surface area contributed by atoms with Gasteiger partial charge in [0, 0.05) is 5.57 Å². The van der Waals surface area contributed by atoms with Crippen molar-refractivity contribution < 1.29 is 14.7 Å². The van der Waals surface area contributed by atoms with Crippen molar-refractivity contribution in [1.82, 2.24) is 0 Å². The van der Waals surface area contributed by atoms with Crippen molar-refractivity contribution in [2.24, 2.45) is 11.7 Å². The quantitative estimate of drug-likeness (QED) is 0.604. The van der Waals surface area contributed by atoms with Crippen LogP contribution in [-0.4, -0.2) is 17.0 Å². The summed E-state index contributed by atoms with van der Waals surface area (Å²) in [6, 6.07) is 0. The van der Waals surface area contributed by atoms with E-state index in [-0.39, 0.29) is 5.57 Å². The van der Waals surface area contributed by atoms with Crippen LogP contribution in [0.3, 0.4) is 0 Å². The minimum Gasteiger partial charge on any atom is -0.481 e. The maximum atomic E-state index is 10.7. The highest BCUT2D eigenvalue weighted by Gasteiger charge is 2.23. The van der Waals surface area contributed by atoms with Gasteiger partial charge in [-0.05, 0) is 6.42 Å². The van der Waals surface area contributed by atoms with Crippen LogP contribution in [0.5, 0.6) is 0 Å². The van der Waals surface area contributed by atoms with Gasteiger partial charge in [0.2, 0.25) is 5.91 Å². The highest BCUT2D eigenvalue weighted by molar-refractivity contribution is 5.96. The Hall–Kier alpha value is -1.32. The van der Waals surface area contributed by atoms with Gasteiger partial charge in [-0.2, -0.15) is 0 Å². The fraction of sp³-hybridized carbons (Fsp3) is 0.556. The second kappa shape index (κ2) is 5.35. The summed E-state index contributed by atoms with van der Waals surface area (Å²) < 4.78 is 0. The summed E-state index contributed by atoms with van der Waals surface area (Å²) in [4.78, 5) is 21.4. The number of carboxylic acid groups (broad SMARTS) is 1. The molecular formula is C9H15NO3. The van der Waals surface area contributed by atoms with Crippen LogP contribution in [0.15, 0.2) is 12.2 Å². The first-order valence-corrected chi connectivity index (χ1v) is 4.22. The second-order valence-corrected chi connectivity index (χ2v) is 2.92. The van der Waals surface area contributed by atoms with Crippen LogP contribution in [0.1, 0.15) is 26.2 Å². The summed E-state index contributed by atoms with van der Waals surface area (Å²) in [5.41, 5.74) is 4.93. The van der Waals surface area contributed by atoms with Crippen molar-refractivity contribution >= 4 is 11.9 Å². The number of carbonyl (C=O) groups is 2. The standard InChI is InChI=1S/C9H15NO3/c1-3-4-5-7(9(12)13)6(2)8(10)11/h7H,2-5H2,1H3,(H2,10,11)(H,12,13). The number of hydrogen-bond acceptors (Lipinski definition) is 2. The Kier molecular flexibility index (Phi) is 4.80. The third-order valence-electron chi connectivity index (χ3n) is 1.88. The summed E-state index contributed by atoms with van der Waals surface area (Å²) in [6.45, 7) is 5.32. The lowest BCUT2D eigenvalue weighted by Gasteiger charge is -2.11. The van der Waals surface area contributed by atoms with Crippen LogP contribution in [0.2, 0.25) is 0 Å². The molecule has 0 aliphatic rings. The minimum atomic E-state index is -1.03. The van der Waals surface area contributed by atoms with Crippen molar-refractivity contribution in [3.63, 3.8) is 0 Å². The zero-order valence-electron chi connectivity index (χ0n) is 7.75. The zero-order valence-corrected chi connectivity index (χ0v) is 7.75. The Balaban J connectivity index is 4.33. The van der Waals surface area contributed by atoms with Crippen molar-refractivity contribution in [1.29, 1.82) is 0 Å². The number of rotatable bonds is 6. The van der Waals surface area contributed by atoms with Gasteiger partial charge in [0.15, 0.2) is 0 Å². The molecule has 0 aliphatic carbocycles. The molecule has 0 spiro atoms. The maximum Gasteiger partial charge on any atom is 0.311 e. The smallest absolute Gasteiger partial charge is 0.311 e. The minimum absolute atomic E-state index is 0.0130. The van der Waals surface area contributed by atoms with Gasteiger partial charge in [0.1, 0.15) is 0 Å². The molecule has 1 unspecified atom stereocenters. The topological polar surface area (TPSA) is 80.4 Å². The fourth-order valence-corrected chi connectivity index (χ4v) is 1.03. The molecule has 0 fully saturated rings. The molecule has 0 bridgehead atoms. The Morgan fingerprint density at radius 3 is 2.38 bits per heavy atom. The van der Waals surface area contributed by atoms with Gasteiger partial charge in [-0.3, -0.25) is 9.59 Å². The van der Waals surface area contributed by atoms with Gasteiger partial charge in [-0.25, -0.2) is 0 Å². The molecule has 0 heterocycles.